The lowest BCUT2D eigenvalue weighted by Gasteiger charge is -2.46. The quantitative estimate of drug-likeness (QED) is 0.276. The molecule has 2 amide bonds. The van der Waals surface area contributed by atoms with E-state index in [2.05, 4.69) is 38.3 Å². The fourth-order valence-corrected chi connectivity index (χ4v) is 11.2. The zero-order valence-corrected chi connectivity index (χ0v) is 32.1. The number of amides is 2. The van der Waals surface area contributed by atoms with E-state index < -0.39 is 21.7 Å². The fourth-order valence-electron chi connectivity index (χ4n) is 9.08. The van der Waals surface area contributed by atoms with Gasteiger partial charge < -0.3 is 19.1 Å². The number of hydrogen-bond acceptors (Lipinski definition) is 7. The average Bonchev–Trinajstić information content (AvgIpc) is 3.28. The van der Waals surface area contributed by atoms with Crippen LogP contribution in [0, 0.1) is 17.8 Å². The molecule has 0 aromatic heterocycles. The number of benzene rings is 3. The lowest BCUT2D eigenvalue weighted by Crippen LogP contribution is -2.49. The summed E-state index contributed by atoms with van der Waals surface area (Å²) in [5, 5.41) is 0.742. The van der Waals surface area contributed by atoms with Crippen LogP contribution in [0.15, 0.2) is 71.1 Å². The molecule has 3 aliphatic heterocycles. The average molecular weight is 758 g/mol. The SMILES string of the molecule is CO[C@H]1/C=C\C[C@H](C)CS(=O)(NC(=O)c2ccc3c(c2)CCOC3)=NC(=O)c2ccc3c(c2)N(C[C@@H]2CC[C@H]21)C[C@@]1(CCCc2cc(Cl)ccc21)CO3. The number of methoxy groups -OCH3 is 1. The molecule has 11 heteroatoms. The molecule has 5 aliphatic rings. The van der Waals surface area contributed by atoms with Crippen molar-refractivity contribution in [3.63, 3.8) is 0 Å². The number of nitrogens with zero attached hydrogens (tertiary/aromatic N) is 2. The van der Waals surface area contributed by atoms with Crippen molar-refractivity contribution in [3.05, 3.63) is 105 Å². The summed E-state index contributed by atoms with van der Waals surface area (Å²) < 4.78 is 40.1. The molecule has 53 heavy (non-hydrogen) atoms. The number of allylic oxidation sites excluding steroid dienone is 1. The highest BCUT2D eigenvalue weighted by molar-refractivity contribution is 7.92. The number of ether oxygens (including phenoxy) is 3. The van der Waals surface area contributed by atoms with Gasteiger partial charge in [0, 0.05) is 41.8 Å². The van der Waals surface area contributed by atoms with E-state index in [1.165, 1.54) is 11.1 Å². The van der Waals surface area contributed by atoms with E-state index in [0.717, 1.165) is 67.0 Å². The van der Waals surface area contributed by atoms with Crippen molar-refractivity contribution in [3.8, 4) is 5.75 Å². The second-order valence-electron chi connectivity index (χ2n) is 15.7. The van der Waals surface area contributed by atoms with Crippen LogP contribution in [0.4, 0.5) is 5.69 Å². The minimum absolute atomic E-state index is 0.0173. The summed E-state index contributed by atoms with van der Waals surface area (Å²) in [4.78, 5) is 30.2. The van der Waals surface area contributed by atoms with Crippen LogP contribution in [0.2, 0.25) is 5.02 Å². The van der Waals surface area contributed by atoms with Gasteiger partial charge in [-0.2, -0.15) is 0 Å². The monoisotopic (exact) mass is 757 g/mol. The number of fused-ring (bicyclic) bond motifs is 5. The molecule has 1 N–H and O–H groups in total. The highest BCUT2D eigenvalue weighted by atomic mass is 35.5. The molecule has 2 aliphatic carbocycles. The van der Waals surface area contributed by atoms with Crippen LogP contribution in [0.5, 0.6) is 5.75 Å². The van der Waals surface area contributed by atoms with E-state index >= 15 is 0 Å². The van der Waals surface area contributed by atoms with Crippen LogP contribution in [-0.2, 0) is 44.3 Å². The Kier molecular flexibility index (Phi) is 10.2. The van der Waals surface area contributed by atoms with Crippen LogP contribution in [0.3, 0.4) is 0 Å². The van der Waals surface area contributed by atoms with E-state index in [4.69, 9.17) is 25.8 Å². The number of carbonyl (C=O) groups is 2. The van der Waals surface area contributed by atoms with Gasteiger partial charge in [-0.1, -0.05) is 42.8 Å². The zero-order valence-electron chi connectivity index (χ0n) is 30.5. The molecule has 1 unspecified atom stereocenters. The van der Waals surface area contributed by atoms with E-state index in [1.54, 1.807) is 19.2 Å². The van der Waals surface area contributed by atoms with Gasteiger partial charge in [0.2, 0.25) is 0 Å². The topological polar surface area (TPSA) is 107 Å². The molecule has 1 spiro atoms. The Balaban J connectivity index is 1.18. The summed E-state index contributed by atoms with van der Waals surface area (Å²) in [5.74, 6) is 0.165. The molecular formula is C42H48ClN3O6S. The normalized spacial score (nSPS) is 30.3. The first kappa shape index (κ1) is 36.3. The van der Waals surface area contributed by atoms with Gasteiger partial charge in [-0.3, -0.25) is 14.3 Å². The molecule has 3 aromatic carbocycles. The van der Waals surface area contributed by atoms with Gasteiger partial charge >= 0.3 is 0 Å². The van der Waals surface area contributed by atoms with Crippen LogP contribution in [0.1, 0.15) is 82.0 Å². The van der Waals surface area contributed by atoms with Gasteiger partial charge in [-0.25, -0.2) is 4.21 Å². The first-order valence-electron chi connectivity index (χ1n) is 18.9. The first-order chi connectivity index (χ1) is 25.6. The summed E-state index contributed by atoms with van der Waals surface area (Å²) in [5.41, 5.74) is 5.87. The van der Waals surface area contributed by atoms with Gasteiger partial charge in [0.25, 0.3) is 11.8 Å². The largest absolute Gasteiger partial charge is 0.490 e. The Bertz CT molecular complexity index is 2080. The summed E-state index contributed by atoms with van der Waals surface area (Å²) in [6.07, 6.45) is 10.6. The Morgan fingerprint density at radius 3 is 2.79 bits per heavy atom. The van der Waals surface area contributed by atoms with Crippen LogP contribution in [-0.4, -0.2) is 61.3 Å². The summed E-state index contributed by atoms with van der Waals surface area (Å²) in [6.45, 7) is 5.06. The molecule has 3 heterocycles. The van der Waals surface area contributed by atoms with Crippen LogP contribution in [0.25, 0.3) is 0 Å². The summed E-state index contributed by atoms with van der Waals surface area (Å²) >= 11 is 6.47. The minimum Gasteiger partial charge on any atom is -0.490 e. The number of halogens is 1. The van der Waals surface area contributed by atoms with E-state index in [-0.39, 0.29) is 23.2 Å². The third kappa shape index (κ3) is 7.40. The molecule has 0 radical (unpaired) electrons. The predicted molar refractivity (Wildman–Crippen MR) is 207 cm³/mol. The maximum absolute atomic E-state index is 14.7. The Morgan fingerprint density at radius 2 is 1.96 bits per heavy atom. The van der Waals surface area contributed by atoms with E-state index in [9.17, 15) is 13.8 Å². The highest BCUT2D eigenvalue weighted by Gasteiger charge is 2.44. The molecular weight excluding hydrogens is 710 g/mol. The number of hydrogen-bond donors (Lipinski definition) is 1. The number of carbonyl (C=O) groups excluding carboxylic acids is 2. The van der Waals surface area contributed by atoms with Gasteiger partial charge in [0.05, 0.1) is 37.4 Å². The molecule has 280 valence electrons. The number of nitrogens with one attached hydrogen (secondary N) is 1. The standard InChI is InChI=1S/C42H48ClN3O6S/c1-27-5-3-7-38(50-2)35-13-10-32(35)22-46-25-42(17-4-6-29-20-34(43)12-14-36(29)42)26-52-39-15-11-31(21-37(39)46)41(48)45-53(49,24-27)44-40(47)30-8-9-33-23-51-18-16-28(33)19-30/h3,7-9,11-12,14-15,19-21,27,32,35,38H,4-6,10,13,16-18,22-26H2,1-2H3,(H,44,45,47,48,49)/b7-3-/t27-,32-,35+,38-,42-,53?/m0/s1. The van der Waals surface area contributed by atoms with Gasteiger partial charge in [0.15, 0.2) is 0 Å². The second kappa shape index (κ2) is 14.9. The maximum atomic E-state index is 14.7. The van der Waals surface area contributed by atoms with Crippen molar-refractivity contribution in [2.45, 2.75) is 70.0 Å². The minimum atomic E-state index is -3.53. The number of rotatable bonds is 3. The summed E-state index contributed by atoms with van der Waals surface area (Å²) in [7, 11) is -1.76. The van der Waals surface area contributed by atoms with Crippen molar-refractivity contribution in [1.29, 1.82) is 0 Å². The van der Waals surface area contributed by atoms with Crippen molar-refractivity contribution < 1.29 is 28.0 Å². The lowest BCUT2D eigenvalue weighted by molar-refractivity contribution is 0.0131. The zero-order chi connectivity index (χ0) is 36.7. The molecule has 6 atom stereocenters. The van der Waals surface area contributed by atoms with E-state index in [0.29, 0.717) is 61.4 Å². The van der Waals surface area contributed by atoms with Crippen LogP contribution < -0.4 is 14.4 Å². The molecule has 1 fully saturated rings. The Morgan fingerprint density at radius 1 is 1.08 bits per heavy atom. The smallest absolute Gasteiger partial charge is 0.286 e. The first-order valence-corrected chi connectivity index (χ1v) is 21.0. The third-order valence-electron chi connectivity index (χ3n) is 12.0. The second-order valence-corrected chi connectivity index (χ2v) is 18.1. The molecule has 3 aromatic rings. The molecule has 9 nitrogen and oxygen atoms in total. The molecule has 1 saturated carbocycles. The van der Waals surface area contributed by atoms with Crippen molar-refractivity contribution in [2.75, 3.05) is 44.1 Å². The lowest BCUT2D eigenvalue weighted by atomic mass is 9.68. The van der Waals surface area contributed by atoms with E-state index in [1.807, 2.05) is 37.3 Å². The van der Waals surface area contributed by atoms with Crippen molar-refractivity contribution >= 4 is 39.0 Å². The maximum Gasteiger partial charge on any atom is 0.286 e. The van der Waals surface area contributed by atoms with Gasteiger partial charge in [-0.15, -0.1) is 4.36 Å². The van der Waals surface area contributed by atoms with Crippen LogP contribution >= 0.6 is 11.6 Å². The summed E-state index contributed by atoms with van der Waals surface area (Å²) in [6, 6.07) is 17.0. The number of aryl methyl sites for hydroxylation is 1. The van der Waals surface area contributed by atoms with Crippen molar-refractivity contribution in [2.24, 2.45) is 22.1 Å². The molecule has 8 rings (SSSR count). The van der Waals surface area contributed by atoms with Gasteiger partial charge in [0.1, 0.15) is 15.7 Å². The molecule has 0 saturated heterocycles. The Hall–Kier alpha value is -3.70. The fraction of sp³-hybridized carbons (Fsp3) is 0.476. The highest BCUT2D eigenvalue weighted by Crippen LogP contribution is 2.47. The van der Waals surface area contributed by atoms with Crippen molar-refractivity contribution in [1.82, 2.24) is 4.72 Å². The Labute approximate surface area is 317 Å². The third-order valence-corrected chi connectivity index (χ3v) is 14.2. The van der Waals surface area contributed by atoms with Gasteiger partial charge in [-0.05, 0) is 127 Å². The number of anilines is 1. The molecule has 2 bridgehead atoms. The predicted octanol–water partition coefficient (Wildman–Crippen LogP) is 7.48.